The van der Waals surface area contributed by atoms with Crippen molar-refractivity contribution in [1.82, 2.24) is 0 Å². The normalized spacial score (nSPS) is 10.2. The van der Waals surface area contributed by atoms with E-state index in [-0.39, 0.29) is 11.1 Å². The van der Waals surface area contributed by atoms with Crippen molar-refractivity contribution < 1.29 is 28.2 Å². The first-order valence-corrected chi connectivity index (χ1v) is 4.23. The van der Waals surface area contributed by atoms with E-state index in [1.165, 1.54) is 13.0 Å². The number of ether oxygens (including phenoxy) is 1. The number of rotatable bonds is 4. The maximum atomic E-state index is 12.0. The minimum atomic E-state index is -3.11. The number of alkyl halides is 2. The van der Waals surface area contributed by atoms with Crippen molar-refractivity contribution in [3.8, 4) is 5.75 Å². The molecule has 0 saturated carbocycles. The molecule has 0 aliphatic carbocycles. The fourth-order valence-electron chi connectivity index (χ4n) is 1.23. The Morgan fingerprint density at radius 2 is 2.12 bits per heavy atom. The zero-order chi connectivity index (χ0) is 12.3. The highest BCUT2D eigenvalue weighted by atomic mass is 19.3. The average Bonchev–Trinajstić information content (AvgIpc) is 2.18. The van der Waals surface area contributed by atoms with Crippen LogP contribution in [0, 0.1) is 6.92 Å². The number of carboxylic acid groups (broad SMARTS) is 1. The SMILES string of the molecule is Cc1cc(C=O)c(OC(F)F)cc1C(=O)O. The number of benzene rings is 1. The van der Waals surface area contributed by atoms with Crippen molar-refractivity contribution in [2.24, 2.45) is 0 Å². The summed E-state index contributed by atoms with van der Waals surface area (Å²) in [7, 11) is 0. The largest absolute Gasteiger partial charge is 0.478 e. The Hall–Kier alpha value is -1.98. The van der Waals surface area contributed by atoms with Crippen LogP contribution in [0.4, 0.5) is 8.78 Å². The number of aromatic carboxylic acids is 1. The fraction of sp³-hybridized carbons (Fsp3) is 0.200. The lowest BCUT2D eigenvalue weighted by atomic mass is 10.0. The topological polar surface area (TPSA) is 63.6 Å². The summed E-state index contributed by atoms with van der Waals surface area (Å²) in [5, 5.41) is 8.76. The van der Waals surface area contributed by atoms with E-state index in [9.17, 15) is 18.4 Å². The Bertz CT molecular complexity index is 429. The molecule has 16 heavy (non-hydrogen) atoms. The minimum absolute atomic E-state index is 0.109. The first-order chi connectivity index (χ1) is 7.45. The average molecular weight is 230 g/mol. The molecule has 0 fully saturated rings. The third kappa shape index (κ3) is 2.53. The van der Waals surface area contributed by atoms with E-state index in [4.69, 9.17) is 5.11 Å². The summed E-state index contributed by atoms with van der Waals surface area (Å²) in [5.41, 5.74) is 0.0141. The van der Waals surface area contributed by atoms with Crippen LogP contribution in [0.15, 0.2) is 12.1 Å². The molecular formula is C10H8F2O4. The van der Waals surface area contributed by atoms with Crippen LogP contribution in [0.3, 0.4) is 0 Å². The van der Waals surface area contributed by atoms with Gasteiger partial charge in [-0.15, -0.1) is 0 Å². The summed E-state index contributed by atoms with van der Waals surface area (Å²) in [4.78, 5) is 21.3. The standard InChI is InChI=1S/C10H8F2O4/c1-5-2-6(4-13)8(16-10(11)12)3-7(5)9(14)15/h2-4,10H,1H3,(H,14,15). The number of aldehydes is 1. The van der Waals surface area contributed by atoms with E-state index in [1.807, 2.05) is 0 Å². The molecule has 0 saturated heterocycles. The van der Waals surface area contributed by atoms with E-state index >= 15 is 0 Å². The molecule has 0 heterocycles. The van der Waals surface area contributed by atoms with Crippen LogP contribution in [0.25, 0.3) is 0 Å². The zero-order valence-electron chi connectivity index (χ0n) is 8.24. The molecule has 0 aliphatic heterocycles. The van der Waals surface area contributed by atoms with Crippen molar-refractivity contribution in [2.45, 2.75) is 13.5 Å². The predicted molar refractivity (Wildman–Crippen MR) is 50.2 cm³/mol. The molecule has 1 N–H and O–H groups in total. The molecule has 0 spiro atoms. The Morgan fingerprint density at radius 1 is 1.50 bits per heavy atom. The second-order valence-corrected chi connectivity index (χ2v) is 3.01. The van der Waals surface area contributed by atoms with Crippen LogP contribution in [0.5, 0.6) is 5.75 Å². The first kappa shape index (κ1) is 12.1. The molecule has 0 radical (unpaired) electrons. The number of hydrogen-bond donors (Lipinski definition) is 1. The lowest BCUT2D eigenvalue weighted by Gasteiger charge is -2.09. The summed E-state index contributed by atoms with van der Waals surface area (Å²) in [6, 6.07) is 2.10. The van der Waals surface area contributed by atoms with Crippen molar-refractivity contribution >= 4 is 12.3 Å². The van der Waals surface area contributed by atoms with E-state index in [0.29, 0.717) is 11.8 Å². The molecule has 0 aromatic heterocycles. The monoisotopic (exact) mass is 230 g/mol. The van der Waals surface area contributed by atoms with Gasteiger partial charge >= 0.3 is 12.6 Å². The molecule has 1 aromatic rings. The highest BCUT2D eigenvalue weighted by Gasteiger charge is 2.15. The number of aryl methyl sites for hydroxylation is 1. The van der Waals surface area contributed by atoms with Gasteiger partial charge in [0.25, 0.3) is 0 Å². The lowest BCUT2D eigenvalue weighted by molar-refractivity contribution is -0.0501. The van der Waals surface area contributed by atoms with Crippen molar-refractivity contribution in [1.29, 1.82) is 0 Å². The number of carboxylic acids is 1. The number of carbonyl (C=O) groups excluding carboxylic acids is 1. The van der Waals surface area contributed by atoms with Gasteiger partial charge in [0.15, 0.2) is 6.29 Å². The molecule has 4 nitrogen and oxygen atoms in total. The van der Waals surface area contributed by atoms with Gasteiger partial charge in [-0.05, 0) is 24.6 Å². The summed E-state index contributed by atoms with van der Waals surface area (Å²) in [6.07, 6.45) is 0.330. The Kier molecular flexibility index (Phi) is 3.55. The first-order valence-electron chi connectivity index (χ1n) is 4.23. The van der Waals surface area contributed by atoms with Gasteiger partial charge in [0.1, 0.15) is 5.75 Å². The smallest absolute Gasteiger partial charge is 0.387 e. The number of halogens is 2. The van der Waals surface area contributed by atoms with Gasteiger partial charge in [0.2, 0.25) is 0 Å². The van der Waals surface area contributed by atoms with Crippen molar-refractivity contribution in [3.05, 3.63) is 28.8 Å². The van der Waals surface area contributed by atoms with Crippen LogP contribution in [-0.2, 0) is 0 Å². The van der Waals surface area contributed by atoms with E-state index < -0.39 is 18.3 Å². The van der Waals surface area contributed by atoms with Crippen LogP contribution in [-0.4, -0.2) is 24.0 Å². The molecule has 0 unspecified atom stereocenters. The zero-order valence-corrected chi connectivity index (χ0v) is 8.24. The third-order valence-corrected chi connectivity index (χ3v) is 1.93. The van der Waals surface area contributed by atoms with Gasteiger partial charge in [-0.1, -0.05) is 0 Å². The van der Waals surface area contributed by atoms with Crippen LogP contribution in [0.2, 0.25) is 0 Å². The summed E-state index contributed by atoms with van der Waals surface area (Å²) < 4.78 is 28.0. The van der Waals surface area contributed by atoms with E-state index in [0.717, 1.165) is 6.07 Å². The Balaban J connectivity index is 3.28. The second kappa shape index (κ2) is 4.69. The summed E-state index contributed by atoms with van der Waals surface area (Å²) in [5.74, 6) is -1.71. The summed E-state index contributed by atoms with van der Waals surface area (Å²) in [6.45, 7) is -1.65. The highest BCUT2D eigenvalue weighted by molar-refractivity contribution is 5.92. The van der Waals surface area contributed by atoms with Gasteiger partial charge in [-0.2, -0.15) is 8.78 Å². The lowest BCUT2D eigenvalue weighted by Crippen LogP contribution is -2.07. The van der Waals surface area contributed by atoms with Crippen molar-refractivity contribution in [2.75, 3.05) is 0 Å². The second-order valence-electron chi connectivity index (χ2n) is 3.01. The molecule has 1 aromatic carbocycles. The molecule has 86 valence electrons. The highest BCUT2D eigenvalue weighted by Crippen LogP contribution is 2.24. The van der Waals surface area contributed by atoms with Gasteiger partial charge < -0.3 is 9.84 Å². The van der Waals surface area contributed by atoms with Crippen molar-refractivity contribution in [3.63, 3.8) is 0 Å². The summed E-state index contributed by atoms with van der Waals surface area (Å²) >= 11 is 0. The molecule has 0 aliphatic rings. The van der Waals surface area contributed by atoms with Gasteiger partial charge in [-0.3, -0.25) is 4.79 Å². The molecule has 1 rings (SSSR count). The quantitative estimate of drug-likeness (QED) is 0.804. The third-order valence-electron chi connectivity index (χ3n) is 1.93. The molecule has 6 heteroatoms. The maximum Gasteiger partial charge on any atom is 0.387 e. The Labute approximate surface area is 89.5 Å². The Morgan fingerprint density at radius 3 is 2.56 bits per heavy atom. The van der Waals surface area contributed by atoms with E-state index in [2.05, 4.69) is 4.74 Å². The van der Waals surface area contributed by atoms with Crippen LogP contribution < -0.4 is 4.74 Å². The van der Waals surface area contributed by atoms with Gasteiger partial charge in [0, 0.05) is 0 Å². The molecule has 0 atom stereocenters. The number of carbonyl (C=O) groups is 2. The molecular weight excluding hydrogens is 222 g/mol. The van der Waals surface area contributed by atoms with E-state index in [1.54, 1.807) is 0 Å². The maximum absolute atomic E-state index is 12.0. The minimum Gasteiger partial charge on any atom is -0.478 e. The van der Waals surface area contributed by atoms with Gasteiger partial charge in [0.05, 0.1) is 11.1 Å². The van der Waals surface area contributed by atoms with Crippen LogP contribution >= 0.6 is 0 Å². The number of hydrogen-bond acceptors (Lipinski definition) is 3. The molecule has 0 bridgehead atoms. The molecule has 0 amide bonds. The predicted octanol–water partition coefficient (Wildman–Crippen LogP) is 2.11. The van der Waals surface area contributed by atoms with Gasteiger partial charge in [-0.25, -0.2) is 4.79 Å². The fourth-order valence-corrected chi connectivity index (χ4v) is 1.23. The van der Waals surface area contributed by atoms with Crippen LogP contribution in [0.1, 0.15) is 26.3 Å².